The van der Waals surface area contributed by atoms with E-state index < -0.39 is 0 Å². The summed E-state index contributed by atoms with van der Waals surface area (Å²) in [7, 11) is 0. The lowest BCUT2D eigenvalue weighted by atomic mass is 10.1. The zero-order valence-corrected chi connectivity index (χ0v) is 10.0. The lowest BCUT2D eigenvalue weighted by Gasteiger charge is -2.02. The van der Waals surface area contributed by atoms with Crippen molar-refractivity contribution in [2.75, 3.05) is 5.73 Å². The van der Waals surface area contributed by atoms with Crippen LogP contribution in [0.5, 0.6) is 0 Å². The van der Waals surface area contributed by atoms with Gasteiger partial charge in [0, 0.05) is 21.8 Å². The van der Waals surface area contributed by atoms with E-state index in [9.17, 15) is 0 Å². The number of hydrogen-bond donors (Lipinski definition) is 1. The van der Waals surface area contributed by atoms with Crippen molar-refractivity contribution in [2.45, 2.75) is 6.42 Å². The van der Waals surface area contributed by atoms with Gasteiger partial charge in [-0.25, -0.2) is 4.98 Å². The molecule has 0 amide bonds. The number of halogens is 2. The van der Waals surface area contributed by atoms with Crippen LogP contribution in [-0.4, -0.2) is 4.98 Å². The number of nitrogens with zero attached hydrogens (tertiary/aromatic N) is 1. The zero-order chi connectivity index (χ0) is 10.8. The quantitative estimate of drug-likeness (QED) is 0.894. The van der Waals surface area contributed by atoms with Gasteiger partial charge in [0.25, 0.3) is 0 Å². The Hall–Kier alpha value is -0.770. The molecule has 15 heavy (non-hydrogen) atoms. The highest BCUT2D eigenvalue weighted by Crippen LogP contribution is 2.24. The highest BCUT2D eigenvalue weighted by atomic mass is 35.5. The molecule has 0 aliphatic rings. The van der Waals surface area contributed by atoms with Crippen LogP contribution < -0.4 is 5.73 Å². The van der Waals surface area contributed by atoms with Gasteiger partial charge in [0.1, 0.15) is 0 Å². The third kappa shape index (κ3) is 2.62. The summed E-state index contributed by atoms with van der Waals surface area (Å²) in [5, 5.41) is 3.87. The number of nitrogens with two attached hydrogens (primary N) is 1. The first-order valence-electron chi connectivity index (χ1n) is 4.29. The Morgan fingerprint density at radius 1 is 1.33 bits per heavy atom. The Balaban J connectivity index is 2.27. The van der Waals surface area contributed by atoms with Crippen molar-refractivity contribution >= 4 is 39.7 Å². The predicted octanol–water partition coefficient (Wildman–Crippen LogP) is 3.62. The van der Waals surface area contributed by atoms with Gasteiger partial charge in [-0.2, -0.15) is 0 Å². The van der Waals surface area contributed by atoms with Gasteiger partial charge in [-0.1, -0.05) is 23.2 Å². The zero-order valence-electron chi connectivity index (χ0n) is 7.71. The molecule has 0 radical (unpaired) electrons. The van der Waals surface area contributed by atoms with Crippen molar-refractivity contribution in [1.82, 2.24) is 4.98 Å². The van der Waals surface area contributed by atoms with Crippen LogP contribution in [0.25, 0.3) is 0 Å². The second-order valence-corrected chi connectivity index (χ2v) is 4.82. The van der Waals surface area contributed by atoms with E-state index in [0.29, 0.717) is 21.6 Å². The Morgan fingerprint density at radius 3 is 2.80 bits per heavy atom. The molecule has 0 saturated heterocycles. The van der Waals surface area contributed by atoms with Crippen LogP contribution in [0.4, 0.5) is 5.13 Å². The van der Waals surface area contributed by atoms with Crippen molar-refractivity contribution in [3.63, 3.8) is 0 Å². The molecule has 1 heterocycles. The van der Waals surface area contributed by atoms with Crippen LogP contribution in [0.15, 0.2) is 23.6 Å². The topological polar surface area (TPSA) is 38.9 Å². The molecule has 78 valence electrons. The average molecular weight is 259 g/mol. The molecule has 5 heteroatoms. The van der Waals surface area contributed by atoms with E-state index in [2.05, 4.69) is 4.98 Å². The van der Waals surface area contributed by atoms with Crippen molar-refractivity contribution in [3.05, 3.63) is 44.9 Å². The first-order chi connectivity index (χ1) is 7.15. The molecule has 0 aliphatic carbocycles. The van der Waals surface area contributed by atoms with Crippen LogP contribution in [0.2, 0.25) is 10.0 Å². The minimum atomic E-state index is 0.572. The fourth-order valence-corrected chi connectivity index (χ4v) is 2.22. The Morgan fingerprint density at radius 2 is 2.13 bits per heavy atom. The maximum absolute atomic E-state index is 6.04. The summed E-state index contributed by atoms with van der Waals surface area (Å²) in [6, 6.07) is 5.40. The third-order valence-electron chi connectivity index (χ3n) is 1.95. The van der Waals surface area contributed by atoms with E-state index in [-0.39, 0.29) is 0 Å². The van der Waals surface area contributed by atoms with Gasteiger partial charge in [-0.15, -0.1) is 11.3 Å². The lowest BCUT2D eigenvalue weighted by molar-refractivity contribution is 1.11. The lowest BCUT2D eigenvalue weighted by Crippen LogP contribution is -1.91. The molecule has 0 spiro atoms. The average Bonchev–Trinajstić information content (AvgIpc) is 2.58. The number of benzene rings is 1. The van der Waals surface area contributed by atoms with Gasteiger partial charge < -0.3 is 5.73 Å². The molecule has 1 aromatic heterocycles. The van der Waals surface area contributed by atoms with Crippen molar-refractivity contribution in [1.29, 1.82) is 0 Å². The minimum Gasteiger partial charge on any atom is -0.375 e. The third-order valence-corrected chi connectivity index (χ3v) is 3.28. The SMILES string of the molecule is Nc1nc(Cc2cc(Cl)ccc2Cl)cs1. The Kier molecular flexibility index (Phi) is 3.14. The first-order valence-corrected chi connectivity index (χ1v) is 5.92. The summed E-state index contributed by atoms with van der Waals surface area (Å²) in [6.45, 7) is 0. The molecule has 1 aromatic carbocycles. The van der Waals surface area contributed by atoms with Crippen LogP contribution >= 0.6 is 34.5 Å². The van der Waals surface area contributed by atoms with Crippen LogP contribution in [0, 0.1) is 0 Å². The van der Waals surface area contributed by atoms with Crippen LogP contribution in [-0.2, 0) is 6.42 Å². The van der Waals surface area contributed by atoms with Gasteiger partial charge in [-0.3, -0.25) is 0 Å². The monoisotopic (exact) mass is 258 g/mol. The maximum Gasteiger partial charge on any atom is 0.180 e. The number of thiazole rings is 1. The van der Waals surface area contributed by atoms with Crippen molar-refractivity contribution in [2.24, 2.45) is 0 Å². The van der Waals surface area contributed by atoms with E-state index in [1.807, 2.05) is 11.4 Å². The highest BCUT2D eigenvalue weighted by molar-refractivity contribution is 7.13. The van der Waals surface area contributed by atoms with Crippen molar-refractivity contribution in [3.8, 4) is 0 Å². The van der Waals surface area contributed by atoms with Gasteiger partial charge in [0.2, 0.25) is 0 Å². The smallest absolute Gasteiger partial charge is 0.180 e. The largest absolute Gasteiger partial charge is 0.375 e. The number of hydrogen-bond acceptors (Lipinski definition) is 3. The summed E-state index contributed by atoms with van der Waals surface area (Å²) in [4.78, 5) is 4.17. The van der Waals surface area contributed by atoms with E-state index in [4.69, 9.17) is 28.9 Å². The summed E-state index contributed by atoms with van der Waals surface area (Å²) >= 11 is 13.4. The molecule has 0 fully saturated rings. The predicted molar refractivity (Wildman–Crippen MR) is 65.8 cm³/mol. The van der Waals surface area contributed by atoms with E-state index in [0.717, 1.165) is 11.3 Å². The van der Waals surface area contributed by atoms with Gasteiger partial charge >= 0.3 is 0 Å². The van der Waals surface area contributed by atoms with E-state index in [1.54, 1.807) is 12.1 Å². The number of nitrogen functional groups attached to an aromatic ring is 1. The van der Waals surface area contributed by atoms with Gasteiger partial charge in [0.15, 0.2) is 5.13 Å². The molecule has 2 N–H and O–H groups in total. The summed E-state index contributed by atoms with van der Waals surface area (Å²) in [6.07, 6.45) is 0.660. The molecule has 2 rings (SSSR count). The Labute approximate surface area is 102 Å². The minimum absolute atomic E-state index is 0.572. The van der Waals surface area contributed by atoms with Crippen LogP contribution in [0.1, 0.15) is 11.3 Å². The van der Waals surface area contributed by atoms with E-state index in [1.165, 1.54) is 11.3 Å². The van der Waals surface area contributed by atoms with E-state index >= 15 is 0 Å². The number of anilines is 1. The second kappa shape index (κ2) is 4.39. The molecule has 0 saturated carbocycles. The second-order valence-electron chi connectivity index (χ2n) is 3.09. The molecule has 2 aromatic rings. The number of aromatic nitrogens is 1. The standard InChI is InChI=1S/C10H8Cl2N2S/c11-7-1-2-9(12)6(3-7)4-8-5-15-10(13)14-8/h1-3,5H,4H2,(H2,13,14). The number of rotatable bonds is 2. The van der Waals surface area contributed by atoms with Gasteiger partial charge in [-0.05, 0) is 23.8 Å². The molecule has 2 nitrogen and oxygen atoms in total. The molecule has 0 aliphatic heterocycles. The maximum atomic E-state index is 6.04. The molecule has 0 atom stereocenters. The Bertz CT molecular complexity index is 482. The fraction of sp³-hybridized carbons (Fsp3) is 0.100. The van der Waals surface area contributed by atoms with Crippen LogP contribution in [0.3, 0.4) is 0 Å². The molecular weight excluding hydrogens is 251 g/mol. The molecular formula is C10H8Cl2N2S. The van der Waals surface area contributed by atoms with Gasteiger partial charge in [0.05, 0.1) is 5.69 Å². The van der Waals surface area contributed by atoms with Crippen molar-refractivity contribution < 1.29 is 0 Å². The summed E-state index contributed by atoms with van der Waals surface area (Å²) in [5.74, 6) is 0. The summed E-state index contributed by atoms with van der Waals surface area (Å²) in [5.41, 5.74) is 7.43. The molecule has 0 bridgehead atoms. The molecule has 0 unspecified atom stereocenters. The highest BCUT2D eigenvalue weighted by Gasteiger charge is 2.05. The first kappa shape index (κ1) is 10.7. The normalized spacial score (nSPS) is 10.5. The fourth-order valence-electron chi connectivity index (χ4n) is 1.28. The summed E-state index contributed by atoms with van der Waals surface area (Å²) < 4.78 is 0.